The summed E-state index contributed by atoms with van der Waals surface area (Å²) in [6, 6.07) is 7.01. The monoisotopic (exact) mass is 248 g/mol. The zero-order valence-electron chi connectivity index (χ0n) is 11.9. The first kappa shape index (κ1) is 13.4. The zero-order valence-corrected chi connectivity index (χ0v) is 11.9. The molecule has 1 fully saturated rings. The summed E-state index contributed by atoms with van der Waals surface area (Å²) in [5.41, 5.74) is 2.66. The van der Waals surface area contributed by atoms with Crippen LogP contribution in [0.2, 0.25) is 0 Å². The van der Waals surface area contributed by atoms with Gasteiger partial charge in [0.2, 0.25) is 0 Å². The molecule has 0 amide bonds. The van der Waals surface area contributed by atoms with Crippen LogP contribution in [0.1, 0.15) is 36.9 Å². The Bertz CT molecular complexity index is 403. The number of hydrogen-bond acceptors (Lipinski definition) is 3. The highest BCUT2D eigenvalue weighted by Gasteiger charge is 2.19. The molecule has 1 aromatic carbocycles. The molecule has 1 saturated heterocycles. The first-order chi connectivity index (χ1) is 8.61. The summed E-state index contributed by atoms with van der Waals surface area (Å²) >= 11 is 0. The molecule has 1 atom stereocenters. The van der Waals surface area contributed by atoms with Gasteiger partial charge < -0.3 is 15.0 Å². The number of hydrogen-bond donors (Lipinski definition) is 1. The average Bonchev–Trinajstić information content (AvgIpc) is 2.38. The third-order valence-electron chi connectivity index (χ3n) is 3.66. The molecule has 1 aliphatic rings. The molecule has 1 unspecified atom stereocenters. The minimum Gasteiger partial charge on any atom is -0.496 e. The second-order valence-corrected chi connectivity index (χ2v) is 5.43. The van der Waals surface area contributed by atoms with Crippen LogP contribution in [-0.4, -0.2) is 38.7 Å². The van der Waals surface area contributed by atoms with Crippen molar-refractivity contribution in [1.29, 1.82) is 0 Å². The molecule has 1 aromatic rings. The van der Waals surface area contributed by atoms with E-state index < -0.39 is 0 Å². The Morgan fingerprint density at radius 2 is 2.17 bits per heavy atom. The van der Waals surface area contributed by atoms with E-state index >= 15 is 0 Å². The predicted molar refractivity (Wildman–Crippen MR) is 75.3 cm³/mol. The van der Waals surface area contributed by atoms with E-state index in [4.69, 9.17) is 4.74 Å². The largest absolute Gasteiger partial charge is 0.496 e. The molecule has 0 radical (unpaired) electrons. The maximum atomic E-state index is 5.44. The average molecular weight is 248 g/mol. The molecule has 100 valence electrons. The van der Waals surface area contributed by atoms with Gasteiger partial charge >= 0.3 is 0 Å². The van der Waals surface area contributed by atoms with Crippen LogP contribution < -0.4 is 10.1 Å². The molecular weight excluding hydrogens is 224 g/mol. The Hall–Kier alpha value is -1.06. The molecule has 1 N–H and O–H groups in total. The lowest BCUT2D eigenvalue weighted by Crippen LogP contribution is -2.43. The van der Waals surface area contributed by atoms with Crippen molar-refractivity contribution in [3.8, 4) is 5.75 Å². The van der Waals surface area contributed by atoms with Gasteiger partial charge in [-0.2, -0.15) is 0 Å². The summed E-state index contributed by atoms with van der Waals surface area (Å²) in [7, 11) is 3.92. The molecule has 3 nitrogen and oxygen atoms in total. The smallest absolute Gasteiger partial charge is 0.122 e. The van der Waals surface area contributed by atoms with Gasteiger partial charge in [0.15, 0.2) is 0 Å². The van der Waals surface area contributed by atoms with Gasteiger partial charge in [-0.05, 0) is 30.2 Å². The molecule has 0 spiro atoms. The summed E-state index contributed by atoms with van der Waals surface area (Å²) < 4.78 is 5.44. The van der Waals surface area contributed by atoms with Gasteiger partial charge in [0.25, 0.3) is 0 Å². The highest BCUT2D eigenvalue weighted by atomic mass is 16.5. The quantitative estimate of drug-likeness (QED) is 0.889. The van der Waals surface area contributed by atoms with Crippen molar-refractivity contribution in [2.24, 2.45) is 0 Å². The third kappa shape index (κ3) is 2.85. The van der Waals surface area contributed by atoms with Gasteiger partial charge in [0.05, 0.1) is 7.11 Å². The summed E-state index contributed by atoms with van der Waals surface area (Å²) in [4.78, 5) is 2.38. The maximum Gasteiger partial charge on any atom is 0.122 e. The molecule has 18 heavy (non-hydrogen) atoms. The topological polar surface area (TPSA) is 24.5 Å². The van der Waals surface area contributed by atoms with Crippen molar-refractivity contribution in [3.05, 3.63) is 29.3 Å². The van der Waals surface area contributed by atoms with Crippen molar-refractivity contribution in [1.82, 2.24) is 10.2 Å². The Morgan fingerprint density at radius 3 is 2.78 bits per heavy atom. The van der Waals surface area contributed by atoms with E-state index in [0.717, 1.165) is 25.4 Å². The lowest BCUT2D eigenvalue weighted by atomic mass is 9.96. The van der Waals surface area contributed by atoms with Gasteiger partial charge in [-0.25, -0.2) is 0 Å². The van der Waals surface area contributed by atoms with Gasteiger partial charge in [0.1, 0.15) is 5.75 Å². The Balaban J connectivity index is 2.25. The highest BCUT2D eigenvalue weighted by molar-refractivity contribution is 5.40. The fourth-order valence-corrected chi connectivity index (χ4v) is 2.54. The van der Waals surface area contributed by atoms with Crippen LogP contribution in [-0.2, 0) is 0 Å². The SMILES string of the molecule is COc1ccc(C2CN(C)CCN2)cc1C(C)C. The van der Waals surface area contributed by atoms with Crippen LogP contribution in [0.25, 0.3) is 0 Å². The number of methoxy groups -OCH3 is 1. The van der Waals surface area contributed by atoms with Gasteiger partial charge in [-0.1, -0.05) is 26.0 Å². The second-order valence-electron chi connectivity index (χ2n) is 5.43. The van der Waals surface area contributed by atoms with Crippen LogP contribution >= 0.6 is 0 Å². The molecule has 1 heterocycles. The van der Waals surface area contributed by atoms with Crippen LogP contribution in [0.15, 0.2) is 18.2 Å². The molecule has 1 aliphatic heterocycles. The van der Waals surface area contributed by atoms with Gasteiger partial charge in [-0.15, -0.1) is 0 Å². The lowest BCUT2D eigenvalue weighted by molar-refractivity contribution is 0.240. The summed E-state index contributed by atoms with van der Waals surface area (Å²) in [5.74, 6) is 1.49. The number of likely N-dealkylation sites (N-methyl/N-ethyl adjacent to an activating group) is 1. The summed E-state index contributed by atoms with van der Waals surface area (Å²) in [5, 5.41) is 3.59. The summed E-state index contributed by atoms with van der Waals surface area (Å²) in [6.45, 7) is 7.68. The van der Waals surface area contributed by atoms with Crippen molar-refractivity contribution >= 4 is 0 Å². The fourth-order valence-electron chi connectivity index (χ4n) is 2.54. The molecular formula is C15H24N2O. The molecule has 0 bridgehead atoms. The lowest BCUT2D eigenvalue weighted by Gasteiger charge is -2.31. The minimum absolute atomic E-state index is 0.437. The molecule has 0 aromatic heterocycles. The Labute approximate surface area is 110 Å². The first-order valence-corrected chi connectivity index (χ1v) is 6.71. The van der Waals surface area contributed by atoms with Gasteiger partial charge in [0, 0.05) is 25.7 Å². The van der Waals surface area contributed by atoms with E-state index in [2.05, 4.69) is 49.3 Å². The van der Waals surface area contributed by atoms with Crippen LogP contribution in [0.5, 0.6) is 5.75 Å². The molecule has 3 heteroatoms. The second kappa shape index (κ2) is 5.72. The molecule has 0 saturated carbocycles. The van der Waals surface area contributed by atoms with E-state index in [-0.39, 0.29) is 0 Å². The molecule has 2 rings (SSSR count). The maximum absolute atomic E-state index is 5.44. The third-order valence-corrected chi connectivity index (χ3v) is 3.66. The number of nitrogens with one attached hydrogen (secondary N) is 1. The predicted octanol–water partition coefficient (Wildman–Crippen LogP) is 2.39. The van der Waals surface area contributed by atoms with Crippen molar-refractivity contribution in [2.45, 2.75) is 25.8 Å². The highest BCUT2D eigenvalue weighted by Crippen LogP contribution is 2.30. The van der Waals surface area contributed by atoms with E-state index in [9.17, 15) is 0 Å². The first-order valence-electron chi connectivity index (χ1n) is 6.71. The Kier molecular flexibility index (Phi) is 4.25. The Morgan fingerprint density at radius 1 is 1.39 bits per heavy atom. The van der Waals surface area contributed by atoms with Crippen molar-refractivity contribution in [3.63, 3.8) is 0 Å². The fraction of sp³-hybridized carbons (Fsp3) is 0.600. The number of ether oxygens (including phenoxy) is 1. The molecule has 0 aliphatic carbocycles. The van der Waals surface area contributed by atoms with Crippen LogP contribution in [0.3, 0.4) is 0 Å². The summed E-state index contributed by atoms with van der Waals surface area (Å²) in [6.07, 6.45) is 0. The standard InChI is InChI=1S/C15H24N2O/c1-11(2)13-9-12(5-6-15(13)18-4)14-10-17(3)8-7-16-14/h5-6,9,11,14,16H,7-8,10H2,1-4H3. The minimum atomic E-state index is 0.437. The number of benzene rings is 1. The number of nitrogens with zero attached hydrogens (tertiary/aromatic N) is 1. The van der Waals surface area contributed by atoms with Crippen molar-refractivity contribution < 1.29 is 4.74 Å². The number of rotatable bonds is 3. The number of piperazine rings is 1. The van der Waals surface area contributed by atoms with Crippen LogP contribution in [0, 0.1) is 0 Å². The van der Waals surface area contributed by atoms with E-state index in [1.54, 1.807) is 7.11 Å². The van der Waals surface area contributed by atoms with E-state index in [1.165, 1.54) is 11.1 Å². The van der Waals surface area contributed by atoms with E-state index in [0.29, 0.717) is 12.0 Å². The normalized spacial score (nSPS) is 21.3. The zero-order chi connectivity index (χ0) is 13.1. The van der Waals surface area contributed by atoms with E-state index in [1.807, 2.05) is 0 Å². The van der Waals surface area contributed by atoms with Gasteiger partial charge in [-0.3, -0.25) is 0 Å². The van der Waals surface area contributed by atoms with Crippen LogP contribution in [0.4, 0.5) is 0 Å². The van der Waals surface area contributed by atoms with Crippen molar-refractivity contribution in [2.75, 3.05) is 33.8 Å².